The monoisotopic (exact) mass is 416 g/mol. The summed E-state index contributed by atoms with van der Waals surface area (Å²) in [7, 11) is 3.09. The van der Waals surface area contributed by atoms with Crippen molar-refractivity contribution in [2.24, 2.45) is 4.99 Å². The molecule has 1 unspecified atom stereocenters. The van der Waals surface area contributed by atoms with Gasteiger partial charge in [0.05, 0.1) is 12.1 Å². The number of carbonyl (C=O) groups is 1. The average molecular weight is 417 g/mol. The van der Waals surface area contributed by atoms with Gasteiger partial charge in [-0.2, -0.15) is 0 Å². The Balaban J connectivity index is 1.49. The molecule has 1 atom stereocenters. The molecule has 29 heavy (non-hydrogen) atoms. The van der Waals surface area contributed by atoms with Crippen molar-refractivity contribution in [1.82, 2.24) is 15.6 Å². The third kappa shape index (κ3) is 5.74. The summed E-state index contributed by atoms with van der Waals surface area (Å²) in [6, 6.07) is 11.5. The second kappa shape index (κ2) is 9.97. The number of nitrogens with zero attached hydrogens (tertiary/aromatic N) is 3. The van der Waals surface area contributed by atoms with Gasteiger partial charge in [-0.3, -0.25) is 10.3 Å². The summed E-state index contributed by atoms with van der Waals surface area (Å²) in [4.78, 5) is 22.1. The third-order valence-electron chi connectivity index (χ3n) is 4.64. The fraction of sp³-hybridized carbons (Fsp3) is 0.350. The lowest BCUT2D eigenvalue weighted by atomic mass is 10.2. The van der Waals surface area contributed by atoms with Crippen molar-refractivity contribution in [2.75, 3.05) is 37.5 Å². The van der Waals surface area contributed by atoms with Crippen molar-refractivity contribution >= 4 is 35.2 Å². The number of methoxy groups -OCH3 is 1. The van der Waals surface area contributed by atoms with E-state index in [0.29, 0.717) is 17.3 Å². The molecule has 0 bridgehead atoms. The van der Waals surface area contributed by atoms with Crippen molar-refractivity contribution < 1.29 is 9.53 Å². The predicted octanol–water partition coefficient (Wildman–Crippen LogP) is 2.86. The number of nitrogens with one attached hydrogen (secondary N) is 3. The van der Waals surface area contributed by atoms with E-state index in [1.807, 2.05) is 36.4 Å². The summed E-state index contributed by atoms with van der Waals surface area (Å²) in [5.74, 6) is 1.56. The molecule has 9 heteroatoms. The Kier molecular flexibility index (Phi) is 7.13. The highest BCUT2D eigenvalue weighted by Gasteiger charge is 2.25. The quantitative estimate of drug-likeness (QED) is 0.513. The van der Waals surface area contributed by atoms with Gasteiger partial charge in [-0.15, -0.1) is 0 Å². The zero-order chi connectivity index (χ0) is 20.6. The van der Waals surface area contributed by atoms with E-state index in [-0.39, 0.29) is 6.04 Å². The van der Waals surface area contributed by atoms with Crippen LogP contribution >= 0.6 is 11.6 Å². The van der Waals surface area contributed by atoms with Crippen LogP contribution < -0.4 is 20.9 Å². The van der Waals surface area contributed by atoms with Crippen LogP contribution in [0.2, 0.25) is 5.02 Å². The number of pyridine rings is 1. The third-order valence-corrected chi connectivity index (χ3v) is 4.93. The molecule has 0 radical (unpaired) electrons. The first-order valence-electron chi connectivity index (χ1n) is 9.35. The Morgan fingerprint density at radius 3 is 2.83 bits per heavy atom. The highest BCUT2D eigenvalue weighted by molar-refractivity contribution is 6.32. The standard InChI is InChI=1S/C20H25ClN6O2/c1-22-19(24-12-14-5-7-15(8-6-14)26-20(28)29-2)25-16-9-11-27(13-16)18-17(21)4-3-10-23-18/h3-8,10,16H,9,11-13H2,1-2H3,(H,26,28)(H2,22,24,25). The molecule has 154 valence electrons. The summed E-state index contributed by atoms with van der Waals surface area (Å²) in [5.41, 5.74) is 1.75. The van der Waals surface area contributed by atoms with Crippen LogP contribution in [-0.4, -0.2) is 50.3 Å². The lowest BCUT2D eigenvalue weighted by molar-refractivity contribution is 0.187. The number of anilines is 2. The molecule has 1 amide bonds. The van der Waals surface area contributed by atoms with E-state index in [4.69, 9.17) is 11.6 Å². The molecule has 8 nitrogen and oxygen atoms in total. The van der Waals surface area contributed by atoms with Crippen molar-refractivity contribution in [3.63, 3.8) is 0 Å². The molecule has 1 fully saturated rings. The van der Waals surface area contributed by atoms with Gasteiger partial charge in [0.2, 0.25) is 0 Å². The van der Waals surface area contributed by atoms with Gasteiger partial charge in [0.15, 0.2) is 5.96 Å². The van der Waals surface area contributed by atoms with Gasteiger partial charge >= 0.3 is 6.09 Å². The van der Waals surface area contributed by atoms with Gasteiger partial charge in [0.25, 0.3) is 0 Å². The van der Waals surface area contributed by atoms with E-state index < -0.39 is 6.09 Å². The van der Waals surface area contributed by atoms with Crippen molar-refractivity contribution in [2.45, 2.75) is 19.0 Å². The number of ether oxygens (including phenoxy) is 1. The number of aliphatic imine (C=N–C) groups is 1. The zero-order valence-corrected chi connectivity index (χ0v) is 17.2. The Bertz CT molecular complexity index is 858. The lowest BCUT2D eigenvalue weighted by Crippen LogP contribution is -2.44. The molecule has 0 aliphatic carbocycles. The number of hydrogen-bond donors (Lipinski definition) is 3. The molecule has 1 aromatic carbocycles. The Hall–Kier alpha value is -3.00. The first-order valence-corrected chi connectivity index (χ1v) is 9.73. The second-order valence-electron chi connectivity index (χ2n) is 6.62. The minimum atomic E-state index is -0.488. The number of amides is 1. The number of benzene rings is 1. The first-order chi connectivity index (χ1) is 14.1. The molecule has 3 rings (SSSR count). The zero-order valence-electron chi connectivity index (χ0n) is 16.5. The number of guanidine groups is 1. The van der Waals surface area contributed by atoms with Gasteiger partial charge in [-0.25, -0.2) is 9.78 Å². The van der Waals surface area contributed by atoms with Crippen LogP contribution in [0.3, 0.4) is 0 Å². The van der Waals surface area contributed by atoms with Crippen LogP contribution in [0.1, 0.15) is 12.0 Å². The maximum atomic E-state index is 11.2. The van der Waals surface area contributed by atoms with E-state index in [0.717, 1.165) is 36.9 Å². The minimum Gasteiger partial charge on any atom is -0.453 e. The van der Waals surface area contributed by atoms with Crippen molar-refractivity contribution in [3.05, 3.63) is 53.2 Å². The number of halogens is 1. The minimum absolute atomic E-state index is 0.255. The summed E-state index contributed by atoms with van der Waals surface area (Å²) < 4.78 is 4.58. The highest BCUT2D eigenvalue weighted by Crippen LogP contribution is 2.25. The lowest BCUT2D eigenvalue weighted by Gasteiger charge is -2.20. The van der Waals surface area contributed by atoms with Crippen LogP contribution in [-0.2, 0) is 11.3 Å². The molecule has 0 saturated carbocycles. The summed E-state index contributed by atoms with van der Waals surface area (Å²) in [6.07, 6.45) is 2.24. The largest absolute Gasteiger partial charge is 0.453 e. The number of aromatic nitrogens is 1. The molecule has 3 N–H and O–H groups in total. The summed E-state index contributed by atoms with van der Waals surface area (Å²) in [6.45, 7) is 2.31. The fourth-order valence-corrected chi connectivity index (χ4v) is 3.37. The highest BCUT2D eigenvalue weighted by atomic mass is 35.5. The maximum Gasteiger partial charge on any atom is 0.411 e. The van der Waals surface area contributed by atoms with Crippen LogP contribution in [0.25, 0.3) is 0 Å². The SMILES string of the molecule is CN=C(NCc1ccc(NC(=O)OC)cc1)NC1CCN(c2ncccc2Cl)C1. The van der Waals surface area contributed by atoms with Gasteiger partial charge in [0, 0.05) is 44.6 Å². The molecule has 2 heterocycles. The van der Waals surface area contributed by atoms with Gasteiger partial charge < -0.3 is 20.3 Å². The fourth-order valence-electron chi connectivity index (χ4n) is 3.13. The van der Waals surface area contributed by atoms with Gasteiger partial charge in [-0.1, -0.05) is 23.7 Å². The smallest absolute Gasteiger partial charge is 0.411 e. The first kappa shape index (κ1) is 20.7. The predicted molar refractivity (Wildman–Crippen MR) is 116 cm³/mol. The normalized spacial score (nSPS) is 16.4. The Morgan fingerprint density at radius 2 is 2.14 bits per heavy atom. The number of carbonyl (C=O) groups excluding carboxylic acids is 1. The maximum absolute atomic E-state index is 11.2. The number of hydrogen-bond acceptors (Lipinski definition) is 5. The molecule has 1 aliphatic heterocycles. The molecular weight excluding hydrogens is 392 g/mol. The van der Waals surface area contributed by atoms with E-state index >= 15 is 0 Å². The molecule has 0 spiro atoms. The molecule has 2 aromatic rings. The second-order valence-corrected chi connectivity index (χ2v) is 7.03. The molecular formula is C20H25ClN6O2. The molecule has 1 saturated heterocycles. The topological polar surface area (TPSA) is 90.9 Å². The molecule has 1 aliphatic rings. The Labute approximate surface area is 175 Å². The van der Waals surface area contributed by atoms with E-state index in [1.54, 1.807) is 13.2 Å². The van der Waals surface area contributed by atoms with Crippen molar-refractivity contribution in [1.29, 1.82) is 0 Å². The van der Waals surface area contributed by atoms with E-state index in [1.165, 1.54) is 7.11 Å². The van der Waals surface area contributed by atoms with E-state index in [2.05, 4.69) is 35.6 Å². The number of rotatable bonds is 5. The van der Waals surface area contributed by atoms with Gasteiger partial charge in [-0.05, 0) is 36.2 Å². The summed E-state index contributed by atoms with van der Waals surface area (Å²) >= 11 is 6.26. The van der Waals surface area contributed by atoms with Crippen LogP contribution in [0, 0.1) is 0 Å². The van der Waals surface area contributed by atoms with Crippen LogP contribution in [0.5, 0.6) is 0 Å². The van der Waals surface area contributed by atoms with Crippen LogP contribution in [0.15, 0.2) is 47.6 Å². The van der Waals surface area contributed by atoms with Gasteiger partial charge in [0.1, 0.15) is 5.82 Å². The average Bonchev–Trinajstić information content (AvgIpc) is 3.20. The van der Waals surface area contributed by atoms with E-state index in [9.17, 15) is 4.79 Å². The van der Waals surface area contributed by atoms with Crippen LogP contribution in [0.4, 0.5) is 16.3 Å². The molecule has 1 aromatic heterocycles. The Morgan fingerprint density at radius 1 is 1.34 bits per heavy atom. The van der Waals surface area contributed by atoms with Crippen molar-refractivity contribution in [3.8, 4) is 0 Å². The summed E-state index contributed by atoms with van der Waals surface area (Å²) in [5, 5.41) is 10.1.